The Morgan fingerprint density at radius 3 is 3.00 bits per heavy atom. The zero-order chi connectivity index (χ0) is 14.8. The van der Waals surface area contributed by atoms with Gasteiger partial charge in [0.2, 0.25) is 0 Å². The number of pyridine rings is 1. The third-order valence-corrected chi connectivity index (χ3v) is 3.64. The number of piperidine rings is 1. The van der Waals surface area contributed by atoms with Gasteiger partial charge in [-0.05, 0) is 32.4 Å². The van der Waals surface area contributed by atoms with Crippen LogP contribution in [0, 0.1) is 17.0 Å². The van der Waals surface area contributed by atoms with E-state index in [1.165, 1.54) is 12.1 Å². The molecule has 0 aliphatic carbocycles. The number of nitrogens with one attached hydrogen (secondary N) is 1. The Morgan fingerprint density at radius 2 is 2.29 bits per heavy atom. The maximum atomic E-state index is 10.9. The first-order chi connectivity index (χ1) is 10.1. The number of rotatable bonds is 3. The summed E-state index contributed by atoms with van der Waals surface area (Å²) in [5, 5.41) is 14.9. The number of nitro groups is 1. The van der Waals surface area contributed by atoms with Gasteiger partial charge in [-0.2, -0.15) is 0 Å². The molecule has 1 aliphatic heterocycles. The summed E-state index contributed by atoms with van der Waals surface area (Å²) in [6.07, 6.45) is 2.17. The Bertz CT molecular complexity index is 681. The van der Waals surface area contributed by atoms with E-state index in [0.29, 0.717) is 11.1 Å². The van der Waals surface area contributed by atoms with Gasteiger partial charge in [0.15, 0.2) is 0 Å². The minimum Gasteiger partial charge on any atom is -0.488 e. The molecule has 6 heteroatoms. The summed E-state index contributed by atoms with van der Waals surface area (Å²) in [6.45, 7) is 3.71. The molecular formula is C15H17N3O3. The van der Waals surface area contributed by atoms with Crippen molar-refractivity contribution in [2.75, 3.05) is 13.1 Å². The molecule has 3 rings (SSSR count). The molecule has 1 saturated heterocycles. The van der Waals surface area contributed by atoms with Gasteiger partial charge >= 0.3 is 0 Å². The van der Waals surface area contributed by atoms with Crippen LogP contribution in [0.5, 0.6) is 5.75 Å². The lowest BCUT2D eigenvalue weighted by atomic mass is 10.1. The largest absolute Gasteiger partial charge is 0.488 e. The van der Waals surface area contributed by atoms with Crippen molar-refractivity contribution in [1.82, 2.24) is 10.3 Å². The monoisotopic (exact) mass is 287 g/mol. The Balaban J connectivity index is 2.01. The lowest BCUT2D eigenvalue weighted by Gasteiger charge is -2.24. The second kappa shape index (κ2) is 5.65. The molecule has 1 fully saturated rings. The van der Waals surface area contributed by atoms with E-state index >= 15 is 0 Å². The quantitative estimate of drug-likeness (QED) is 0.693. The van der Waals surface area contributed by atoms with Crippen molar-refractivity contribution in [3.63, 3.8) is 0 Å². The summed E-state index contributed by atoms with van der Waals surface area (Å²) in [4.78, 5) is 15.0. The molecule has 1 aromatic heterocycles. The summed E-state index contributed by atoms with van der Waals surface area (Å²) in [7, 11) is 0. The topological polar surface area (TPSA) is 77.3 Å². The fourth-order valence-corrected chi connectivity index (χ4v) is 2.62. The van der Waals surface area contributed by atoms with Gasteiger partial charge in [-0.3, -0.25) is 15.1 Å². The number of fused-ring (bicyclic) bond motifs is 1. The highest BCUT2D eigenvalue weighted by Crippen LogP contribution is 2.30. The summed E-state index contributed by atoms with van der Waals surface area (Å²) in [5.74, 6) is 0.676. The molecule has 1 aromatic carbocycles. The van der Waals surface area contributed by atoms with Gasteiger partial charge in [-0.15, -0.1) is 0 Å². The highest BCUT2D eigenvalue weighted by Gasteiger charge is 2.17. The number of non-ortho nitro benzene ring substituents is 1. The molecule has 0 unspecified atom stereocenters. The van der Waals surface area contributed by atoms with Crippen LogP contribution in [0.25, 0.3) is 10.9 Å². The molecule has 6 nitrogen and oxygen atoms in total. The van der Waals surface area contributed by atoms with Crippen LogP contribution in [0.3, 0.4) is 0 Å². The number of aromatic nitrogens is 1. The number of benzene rings is 1. The lowest BCUT2D eigenvalue weighted by molar-refractivity contribution is -0.384. The van der Waals surface area contributed by atoms with Crippen molar-refractivity contribution < 1.29 is 9.66 Å². The van der Waals surface area contributed by atoms with Crippen LogP contribution < -0.4 is 10.1 Å². The van der Waals surface area contributed by atoms with Crippen LogP contribution in [0.2, 0.25) is 0 Å². The first kappa shape index (κ1) is 13.8. The van der Waals surface area contributed by atoms with Gasteiger partial charge in [0.1, 0.15) is 11.9 Å². The van der Waals surface area contributed by atoms with E-state index in [1.807, 2.05) is 13.0 Å². The van der Waals surface area contributed by atoms with Gasteiger partial charge < -0.3 is 10.1 Å². The van der Waals surface area contributed by atoms with E-state index < -0.39 is 4.92 Å². The number of ether oxygens (including phenoxy) is 1. The summed E-state index contributed by atoms with van der Waals surface area (Å²) in [5.41, 5.74) is 1.62. The standard InChI is InChI=1S/C15H17N3O3/c1-10-7-15(21-12-3-2-6-16-9-12)13-8-11(18(19)20)4-5-14(13)17-10/h4-5,7-8,12,16H,2-3,6,9H2,1H3/t12-/m0/s1. The second-order valence-electron chi connectivity index (χ2n) is 5.31. The van der Waals surface area contributed by atoms with Gasteiger partial charge in [0.25, 0.3) is 5.69 Å². The molecule has 0 bridgehead atoms. The number of aryl methyl sites for hydroxylation is 1. The molecule has 1 atom stereocenters. The van der Waals surface area contributed by atoms with E-state index in [1.54, 1.807) is 6.07 Å². The average Bonchev–Trinajstić information content (AvgIpc) is 2.47. The van der Waals surface area contributed by atoms with Crippen molar-refractivity contribution in [2.24, 2.45) is 0 Å². The average molecular weight is 287 g/mol. The smallest absolute Gasteiger partial charge is 0.270 e. The maximum Gasteiger partial charge on any atom is 0.270 e. The Kier molecular flexibility index (Phi) is 3.70. The van der Waals surface area contributed by atoms with Gasteiger partial charge in [-0.1, -0.05) is 0 Å². The van der Waals surface area contributed by atoms with E-state index in [-0.39, 0.29) is 11.8 Å². The van der Waals surface area contributed by atoms with Crippen LogP contribution in [-0.2, 0) is 0 Å². The zero-order valence-electron chi connectivity index (χ0n) is 11.8. The number of hydrogen-bond donors (Lipinski definition) is 1. The summed E-state index contributed by atoms with van der Waals surface area (Å²) < 4.78 is 6.06. The Labute approximate surface area is 122 Å². The molecule has 0 amide bonds. The van der Waals surface area contributed by atoms with Crippen molar-refractivity contribution >= 4 is 16.6 Å². The third-order valence-electron chi connectivity index (χ3n) is 3.64. The Hall–Kier alpha value is -2.21. The molecule has 2 aromatic rings. The van der Waals surface area contributed by atoms with Crippen LogP contribution >= 0.6 is 0 Å². The van der Waals surface area contributed by atoms with Crippen LogP contribution in [0.4, 0.5) is 5.69 Å². The molecule has 1 aliphatic rings. The fraction of sp³-hybridized carbons (Fsp3) is 0.400. The minimum absolute atomic E-state index is 0.0553. The molecule has 2 heterocycles. The molecule has 1 N–H and O–H groups in total. The summed E-state index contributed by atoms with van der Waals surface area (Å²) >= 11 is 0. The molecule has 0 spiro atoms. The van der Waals surface area contributed by atoms with E-state index in [9.17, 15) is 10.1 Å². The number of nitro benzene ring substituents is 1. The minimum atomic E-state index is -0.398. The molecule has 0 saturated carbocycles. The predicted molar refractivity (Wildman–Crippen MR) is 79.7 cm³/mol. The SMILES string of the molecule is Cc1cc(O[C@H]2CCCNC2)c2cc([N+](=O)[O-])ccc2n1. The van der Waals surface area contributed by atoms with Crippen molar-refractivity contribution in [3.05, 3.63) is 40.1 Å². The summed E-state index contributed by atoms with van der Waals surface area (Å²) in [6, 6.07) is 6.53. The number of nitrogens with zero attached hydrogens (tertiary/aromatic N) is 2. The fourth-order valence-electron chi connectivity index (χ4n) is 2.62. The predicted octanol–water partition coefficient (Wildman–Crippen LogP) is 2.58. The van der Waals surface area contributed by atoms with E-state index in [4.69, 9.17) is 4.74 Å². The van der Waals surface area contributed by atoms with Gasteiger partial charge in [0.05, 0.1) is 10.4 Å². The normalized spacial score (nSPS) is 18.6. The highest BCUT2D eigenvalue weighted by molar-refractivity contribution is 5.87. The highest BCUT2D eigenvalue weighted by atomic mass is 16.6. The molecule has 110 valence electrons. The third kappa shape index (κ3) is 2.95. The van der Waals surface area contributed by atoms with Crippen LogP contribution in [0.15, 0.2) is 24.3 Å². The first-order valence-corrected chi connectivity index (χ1v) is 7.06. The molecular weight excluding hydrogens is 270 g/mol. The van der Waals surface area contributed by atoms with Crippen LogP contribution in [0.1, 0.15) is 18.5 Å². The Morgan fingerprint density at radius 1 is 1.43 bits per heavy atom. The van der Waals surface area contributed by atoms with Crippen molar-refractivity contribution in [3.8, 4) is 5.75 Å². The van der Waals surface area contributed by atoms with Crippen LogP contribution in [-0.4, -0.2) is 29.1 Å². The molecule has 21 heavy (non-hydrogen) atoms. The number of hydrogen-bond acceptors (Lipinski definition) is 5. The van der Waals surface area contributed by atoms with E-state index in [2.05, 4.69) is 10.3 Å². The van der Waals surface area contributed by atoms with Crippen molar-refractivity contribution in [2.45, 2.75) is 25.9 Å². The first-order valence-electron chi connectivity index (χ1n) is 7.06. The van der Waals surface area contributed by atoms with Gasteiger partial charge in [-0.25, -0.2) is 0 Å². The van der Waals surface area contributed by atoms with Crippen molar-refractivity contribution in [1.29, 1.82) is 0 Å². The second-order valence-corrected chi connectivity index (χ2v) is 5.31. The lowest BCUT2D eigenvalue weighted by Crippen LogP contribution is -2.37. The van der Waals surface area contributed by atoms with Gasteiger partial charge in [0, 0.05) is 35.8 Å². The maximum absolute atomic E-state index is 10.9. The zero-order valence-corrected chi connectivity index (χ0v) is 11.8. The van der Waals surface area contributed by atoms with E-state index in [0.717, 1.165) is 37.1 Å². The molecule has 0 radical (unpaired) electrons.